The summed E-state index contributed by atoms with van der Waals surface area (Å²) in [7, 11) is 1.32. The minimum atomic E-state index is -0.469. The molecular formula is C11H8BrClN2O2. The molecule has 1 aromatic carbocycles. The van der Waals surface area contributed by atoms with Crippen LogP contribution in [0, 0.1) is 0 Å². The highest BCUT2D eigenvalue weighted by atomic mass is 79.9. The maximum atomic E-state index is 11.5. The zero-order valence-electron chi connectivity index (χ0n) is 8.85. The van der Waals surface area contributed by atoms with Crippen molar-refractivity contribution >= 4 is 33.5 Å². The molecule has 0 saturated carbocycles. The van der Waals surface area contributed by atoms with Crippen molar-refractivity contribution < 1.29 is 9.53 Å². The molecule has 2 rings (SSSR count). The van der Waals surface area contributed by atoms with E-state index >= 15 is 0 Å². The van der Waals surface area contributed by atoms with Gasteiger partial charge in [0.2, 0.25) is 0 Å². The van der Waals surface area contributed by atoms with Crippen LogP contribution in [-0.4, -0.2) is 22.9 Å². The van der Waals surface area contributed by atoms with E-state index in [9.17, 15) is 4.79 Å². The number of benzene rings is 1. The van der Waals surface area contributed by atoms with Crippen molar-refractivity contribution in [3.8, 4) is 5.69 Å². The highest BCUT2D eigenvalue weighted by Gasteiger charge is 2.12. The van der Waals surface area contributed by atoms with E-state index in [4.69, 9.17) is 11.6 Å². The molecule has 0 aliphatic heterocycles. The molecule has 88 valence electrons. The fraction of sp³-hybridized carbons (Fsp3) is 0.0909. The van der Waals surface area contributed by atoms with Crippen LogP contribution in [0.1, 0.15) is 10.4 Å². The number of carbonyl (C=O) groups is 1. The molecule has 4 nitrogen and oxygen atoms in total. The summed E-state index contributed by atoms with van der Waals surface area (Å²) in [6.07, 6.45) is 3.44. The summed E-state index contributed by atoms with van der Waals surface area (Å²) < 4.78 is 7.14. The molecule has 0 bridgehead atoms. The summed E-state index contributed by atoms with van der Waals surface area (Å²) in [5.74, 6) is -0.469. The zero-order chi connectivity index (χ0) is 12.4. The first kappa shape index (κ1) is 12.1. The molecule has 0 N–H and O–H groups in total. The molecule has 6 heteroatoms. The summed E-state index contributed by atoms with van der Waals surface area (Å²) in [6.45, 7) is 0. The first-order chi connectivity index (χ1) is 8.11. The number of hydrogen-bond donors (Lipinski definition) is 0. The van der Waals surface area contributed by atoms with Crippen LogP contribution in [0.3, 0.4) is 0 Å². The number of halogens is 2. The van der Waals surface area contributed by atoms with E-state index in [-0.39, 0.29) is 0 Å². The number of ether oxygens (including phenoxy) is 1. The van der Waals surface area contributed by atoms with Gasteiger partial charge in [-0.2, -0.15) is 5.10 Å². The van der Waals surface area contributed by atoms with E-state index in [1.54, 1.807) is 35.3 Å². The SMILES string of the molecule is COC(=O)c1cc(-n2cc(Br)cn2)ccc1Cl. The Kier molecular flexibility index (Phi) is 3.49. The molecule has 1 heterocycles. The van der Waals surface area contributed by atoms with Gasteiger partial charge in [0.1, 0.15) is 0 Å². The van der Waals surface area contributed by atoms with Crippen molar-refractivity contribution in [3.05, 3.63) is 45.7 Å². The fourth-order valence-electron chi connectivity index (χ4n) is 1.36. The molecule has 0 fully saturated rings. The lowest BCUT2D eigenvalue weighted by Gasteiger charge is -2.06. The predicted molar refractivity (Wildman–Crippen MR) is 67.6 cm³/mol. The number of rotatable bonds is 2. The molecule has 0 saturated heterocycles. The minimum absolute atomic E-state index is 0.318. The van der Waals surface area contributed by atoms with Gasteiger partial charge in [0.15, 0.2) is 0 Å². The first-order valence-corrected chi connectivity index (χ1v) is 5.87. The number of aromatic nitrogens is 2. The van der Waals surface area contributed by atoms with Crippen LogP contribution in [0.5, 0.6) is 0 Å². The van der Waals surface area contributed by atoms with Crippen molar-refractivity contribution in [2.45, 2.75) is 0 Å². The summed E-state index contributed by atoms with van der Waals surface area (Å²) in [6, 6.07) is 5.04. The van der Waals surface area contributed by atoms with E-state index in [1.165, 1.54) is 7.11 Å². The minimum Gasteiger partial charge on any atom is -0.465 e. The Hall–Kier alpha value is -1.33. The Morgan fingerprint density at radius 2 is 2.29 bits per heavy atom. The Morgan fingerprint density at radius 1 is 1.53 bits per heavy atom. The molecule has 2 aromatic rings. The average molecular weight is 316 g/mol. The third-order valence-electron chi connectivity index (χ3n) is 2.17. The standard InChI is InChI=1S/C11H8BrClN2O2/c1-17-11(16)9-4-8(2-3-10(9)13)15-6-7(12)5-14-15/h2-6H,1H3. The second-order valence-corrected chi connectivity index (χ2v) is 4.58. The topological polar surface area (TPSA) is 44.1 Å². The van der Waals surface area contributed by atoms with E-state index in [0.717, 1.165) is 10.2 Å². The second kappa shape index (κ2) is 4.89. The van der Waals surface area contributed by atoms with Crippen LogP contribution in [0.25, 0.3) is 5.69 Å². The van der Waals surface area contributed by atoms with Crippen molar-refractivity contribution in [2.24, 2.45) is 0 Å². The molecule has 0 aliphatic carbocycles. The third-order valence-corrected chi connectivity index (χ3v) is 2.91. The monoisotopic (exact) mass is 314 g/mol. The van der Waals surface area contributed by atoms with Crippen LogP contribution in [-0.2, 0) is 4.74 Å². The smallest absolute Gasteiger partial charge is 0.339 e. The maximum Gasteiger partial charge on any atom is 0.339 e. The van der Waals surface area contributed by atoms with Crippen LogP contribution >= 0.6 is 27.5 Å². The van der Waals surface area contributed by atoms with Gasteiger partial charge in [-0.1, -0.05) is 11.6 Å². The number of hydrogen-bond acceptors (Lipinski definition) is 3. The van der Waals surface area contributed by atoms with Crippen LogP contribution in [0.2, 0.25) is 5.02 Å². The van der Waals surface area contributed by atoms with Crippen LogP contribution < -0.4 is 0 Å². The van der Waals surface area contributed by atoms with Gasteiger partial charge >= 0.3 is 5.97 Å². The number of carbonyl (C=O) groups excluding carboxylic acids is 1. The largest absolute Gasteiger partial charge is 0.465 e. The first-order valence-electron chi connectivity index (χ1n) is 4.70. The average Bonchev–Trinajstić information content (AvgIpc) is 2.75. The molecular weight excluding hydrogens is 307 g/mol. The van der Waals surface area contributed by atoms with Crippen LogP contribution in [0.15, 0.2) is 35.1 Å². The van der Waals surface area contributed by atoms with E-state index in [1.807, 2.05) is 0 Å². The summed E-state index contributed by atoms with van der Waals surface area (Å²) >= 11 is 9.23. The van der Waals surface area contributed by atoms with Gasteiger partial charge in [0.05, 0.1) is 34.1 Å². The number of nitrogens with zero attached hydrogens (tertiary/aromatic N) is 2. The van der Waals surface area contributed by atoms with Crippen molar-refractivity contribution in [3.63, 3.8) is 0 Å². The van der Waals surface area contributed by atoms with Gasteiger partial charge in [0.25, 0.3) is 0 Å². The number of methoxy groups -OCH3 is 1. The zero-order valence-corrected chi connectivity index (χ0v) is 11.2. The summed E-state index contributed by atoms with van der Waals surface area (Å²) in [4.78, 5) is 11.5. The second-order valence-electron chi connectivity index (χ2n) is 3.26. The maximum absolute atomic E-state index is 11.5. The van der Waals surface area contributed by atoms with Gasteiger partial charge in [-0.15, -0.1) is 0 Å². The van der Waals surface area contributed by atoms with E-state index < -0.39 is 5.97 Å². The highest BCUT2D eigenvalue weighted by Crippen LogP contribution is 2.21. The lowest BCUT2D eigenvalue weighted by Crippen LogP contribution is -2.04. The predicted octanol–water partition coefficient (Wildman–Crippen LogP) is 3.07. The van der Waals surface area contributed by atoms with E-state index in [2.05, 4.69) is 25.8 Å². The van der Waals surface area contributed by atoms with Crippen LogP contribution in [0.4, 0.5) is 0 Å². The molecule has 0 amide bonds. The molecule has 0 spiro atoms. The highest BCUT2D eigenvalue weighted by molar-refractivity contribution is 9.10. The molecule has 1 aromatic heterocycles. The van der Waals surface area contributed by atoms with Gasteiger partial charge in [-0.05, 0) is 34.1 Å². The quantitative estimate of drug-likeness (QED) is 0.800. The van der Waals surface area contributed by atoms with Crippen molar-refractivity contribution in [2.75, 3.05) is 7.11 Å². The summed E-state index contributed by atoms with van der Waals surface area (Å²) in [5.41, 5.74) is 1.05. The molecule has 17 heavy (non-hydrogen) atoms. The summed E-state index contributed by atoms with van der Waals surface area (Å²) in [5, 5.41) is 4.47. The Bertz CT molecular complexity index is 568. The Labute approximate surface area is 111 Å². The van der Waals surface area contributed by atoms with Gasteiger partial charge in [-0.3, -0.25) is 0 Å². The van der Waals surface area contributed by atoms with Gasteiger partial charge in [0, 0.05) is 6.20 Å². The van der Waals surface area contributed by atoms with Crippen molar-refractivity contribution in [1.82, 2.24) is 9.78 Å². The Morgan fingerprint density at radius 3 is 2.88 bits per heavy atom. The number of esters is 1. The van der Waals surface area contributed by atoms with Gasteiger partial charge < -0.3 is 4.74 Å². The third kappa shape index (κ3) is 2.50. The molecule has 0 unspecified atom stereocenters. The molecule has 0 radical (unpaired) electrons. The van der Waals surface area contributed by atoms with Crippen molar-refractivity contribution in [1.29, 1.82) is 0 Å². The normalized spacial score (nSPS) is 10.3. The fourth-order valence-corrected chi connectivity index (χ4v) is 1.84. The Balaban J connectivity index is 2.47. The molecule has 0 atom stereocenters. The van der Waals surface area contributed by atoms with E-state index in [0.29, 0.717) is 10.6 Å². The lowest BCUT2D eigenvalue weighted by atomic mass is 10.2. The molecule has 0 aliphatic rings. The van der Waals surface area contributed by atoms with Gasteiger partial charge in [-0.25, -0.2) is 9.48 Å². The lowest BCUT2D eigenvalue weighted by molar-refractivity contribution is 0.0601.